The largest absolute Gasteiger partial charge is 0.495 e. The number of nitrogens with zero attached hydrogens (tertiary/aromatic N) is 1. The van der Waals surface area contributed by atoms with Gasteiger partial charge >= 0.3 is 0 Å². The third-order valence-electron chi connectivity index (χ3n) is 4.14. The van der Waals surface area contributed by atoms with Gasteiger partial charge in [0.15, 0.2) is 0 Å². The highest BCUT2D eigenvalue weighted by atomic mass is 35.5. The molecule has 0 bridgehead atoms. The topological polar surface area (TPSA) is 46.6 Å². The van der Waals surface area contributed by atoms with E-state index < -0.39 is 10.0 Å². The minimum absolute atomic E-state index is 0.181. The molecule has 2 aliphatic rings. The van der Waals surface area contributed by atoms with Gasteiger partial charge in [-0.05, 0) is 49.8 Å². The second-order valence-corrected chi connectivity index (χ2v) is 7.76. The molecule has 20 heavy (non-hydrogen) atoms. The van der Waals surface area contributed by atoms with E-state index in [0.717, 1.165) is 25.7 Å². The summed E-state index contributed by atoms with van der Waals surface area (Å²) < 4.78 is 32.2. The van der Waals surface area contributed by atoms with Gasteiger partial charge in [-0.25, -0.2) is 8.42 Å². The van der Waals surface area contributed by atoms with Crippen LogP contribution < -0.4 is 4.74 Å². The van der Waals surface area contributed by atoms with Gasteiger partial charge in [0.2, 0.25) is 10.0 Å². The molecule has 4 nitrogen and oxygen atoms in total. The molecule has 1 unspecified atom stereocenters. The number of benzene rings is 1. The monoisotopic (exact) mass is 315 g/mol. The number of hydrogen-bond donors (Lipinski definition) is 0. The summed E-state index contributed by atoms with van der Waals surface area (Å²) in [5.74, 6) is 1.05. The first-order valence-corrected chi connectivity index (χ1v) is 8.71. The van der Waals surface area contributed by atoms with E-state index >= 15 is 0 Å². The van der Waals surface area contributed by atoms with Crippen LogP contribution in [0.15, 0.2) is 23.1 Å². The van der Waals surface area contributed by atoms with Crippen LogP contribution >= 0.6 is 11.6 Å². The fourth-order valence-electron chi connectivity index (χ4n) is 2.96. The Morgan fingerprint density at radius 3 is 2.65 bits per heavy atom. The number of hydrogen-bond acceptors (Lipinski definition) is 3. The highest BCUT2D eigenvalue weighted by molar-refractivity contribution is 7.89. The maximum atomic E-state index is 12.8. The quantitative estimate of drug-likeness (QED) is 0.858. The molecule has 1 atom stereocenters. The van der Waals surface area contributed by atoms with E-state index in [1.165, 1.54) is 13.2 Å². The Morgan fingerprint density at radius 2 is 2.05 bits per heavy atom. The predicted octanol–water partition coefficient (Wildman–Crippen LogP) is 2.91. The van der Waals surface area contributed by atoms with Crippen LogP contribution in [0.5, 0.6) is 5.75 Å². The lowest BCUT2D eigenvalue weighted by Crippen LogP contribution is -2.36. The molecule has 1 aromatic rings. The van der Waals surface area contributed by atoms with Gasteiger partial charge in [-0.3, -0.25) is 0 Å². The Labute approximate surface area is 124 Å². The molecule has 0 aromatic heterocycles. The summed E-state index contributed by atoms with van der Waals surface area (Å²) >= 11 is 6.05. The lowest BCUT2D eigenvalue weighted by Gasteiger charge is -2.24. The van der Waals surface area contributed by atoms with Gasteiger partial charge in [-0.15, -0.1) is 0 Å². The number of ether oxygens (including phenoxy) is 1. The van der Waals surface area contributed by atoms with E-state index in [-0.39, 0.29) is 10.9 Å². The fourth-order valence-corrected chi connectivity index (χ4v) is 5.06. The van der Waals surface area contributed by atoms with E-state index in [0.29, 0.717) is 23.2 Å². The minimum Gasteiger partial charge on any atom is -0.495 e. The van der Waals surface area contributed by atoms with Crippen molar-refractivity contribution in [3.05, 3.63) is 23.2 Å². The first kappa shape index (κ1) is 14.2. The van der Waals surface area contributed by atoms with Crippen molar-refractivity contribution < 1.29 is 13.2 Å². The third-order valence-corrected chi connectivity index (χ3v) is 6.36. The Bertz CT molecular complexity index is 613. The van der Waals surface area contributed by atoms with Crippen LogP contribution in [-0.4, -0.2) is 32.4 Å². The molecule has 0 N–H and O–H groups in total. The molecule has 0 spiro atoms. The molecular weight excluding hydrogens is 298 g/mol. The summed E-state index contributed by atoms with van der Waals surface area (Å²) in [7, 11) is -1.93. The molecule has 110 valence electrons. The van der Waals surface area contributed by atoms with E-state index in [1.807, 2.05) is 0 Å². The van der Waals surface area contributed by atoms with Gasteiger partial charge in [0.05, 0.1) is 17.0 Å². The first-order chi connectivity index (χ1) is 9.54. The van der Waals surface area contributed by atoms with Gasteiger partial charge < -0.3 is 4.74 Å². The molecule has 0 amide bonds. The lowest BCUT2D eigenvalue weighted by atomic mass is 10.1. The Morgan fingerprint density at radius 1 is 1.30 bits per heavy atom. The Balaban J connectivity index is 1.93. The van der Waals surface area contributed by atoms with Gasteiger partial charge in [-0.2, -0.15) is 4.31 Å². The van der Waals surface area contributed by atoms with Gasteiger partial charge in [0.1, 0.15) is 5.75 Å². The van der Waals surface area contributed by atoms with Crippen molar-refractivity contribution in [2.75, 3.05) is 13.7 Å². The predicted molar refractivity (Wildman–Crippen MR) is 77.6 cm³/mol. The van der Waals surface area contributed by atoms with Crippen molar-refractivity contribution in [1.82, 2.24) is 4.31 Å². The molecule has 1 aliphatic carbocycles. The van der Waals surface area contributed by atoms with Crippen molar-refractivity contribution in [2.45, 2.75) is 36.6 Å². The Kier molecular flexibility index (Phi) is 3.69. The molecular formula is C14H18ClNO3S. The normalized spacial score (nSPS) is 24.0. The second-order valence-electron chi connectivity index (χ2n) is 5.46. The van der Waals surface area contributed by atoms with E-state index in [1.54, 1.807) is 16.4 Å². The maximum Gasteiger partial charge on any atom is 0.243 e. The van der Waals surface area contributed by atoms with Crippen LogP contribution in [0.25, 0.3) is 0 Å². The molecule has 1 saturated carbocycles. The molecule has 0 radical (unpaired) electrons. The van der Waals surface area contributed by atoms with Crippen molar-refractivity contribution in [2.24, 2.45) is 5.92 Å². The summed E-state index contributed by atoms with van der Waals surface area (Å²) in [5, 5.41) is 0.329. The van der Waals surface area contributed by atoms with Gasteiger partial charge in [0.25, 0.3) is 0 Å². The molecule has 3 rings (SSSR count). The summed E-state index contributed by atoms with van der Waals surface area (Å²) in [4.78, 5) is 0.260. The summed E-state index contributed by atoms with van der Waals surface area (Å²) in [5.41, 5.74) is 0. The van der Waals surface area contributed by atoms with E-state index in [2.05, 4.69) is 0 Å². The molecule has 1 aliphatic heterocycles. The summed E-state index contributed by atoms with van der Waals surface area (Å²) in [6, 6.07) is 4.85. The van der Waals surface area contributed by atoms with Crippen LogP contribution in [0, 0.1) is 5.92 Å². The van der Waals surface area contributed by atoms with Crippen LogP contribution in [0.1, 0.15) is 25.7 Å². The van der Waals surface area contributed by atoms with E-state index in [9.17, 15) is 8.42 Å². The van der Waals surface area contributed by atoms with Crippen LogP contribution in [0.3, 0.4) is 0 Å². The number of halogens is 1. The van der Waals surface area contributed by atoms with Crippen molar-refractivity contribution in [1.29, 1.82) is 0 Å². The molecule has 1 saturated heterocycles. The first-order valence-electron chi connectivity index (χ1n) is 6.89. The smallest absolute Gasteiger partial charge is 0.243 e. The molecule has 1 heterocycles. The molecule has 1 aromatic carbocycles. The highest BCUT2D eigenvalue weighted by Gasteiger charge is 2.43. The van der Waals surface area contributed by atoms with Crippen LogP contribution in [0.4, 0.5) is 0 Å². The van der Waals surface area contributed by atoms with Gasteiger partial charge in [-0.1, -0.05) is 11.6 Å². The van der Waals surface area contributed by atoms with Crippen molar-refractivity contribution in [3.63, 3.8) is 0 Å². The summed E-state index contributed by atoms with van der Waals surface area (Å²) in [6.07, 6.45) is 4.23. The number of methoxy groups -OCH3 is 1. The van der Waals surface area contributed by atoms with Gasteiger partial charge in [0, 0.05) is 12.6 Å². The van der Waals surface area contributed by atoms with Crippen LogP contribution in [0.2, 0.25) is 5.02 Å². The fraction of sp³-hybridized carbons (Fsp3) is 0.571. The number of sulfonamides is 1. The average Bonchev–Trinajstić information content (AvgIpc) is 3.15. The SMILES string of the molecule is COc1ccc(S(=O)(=O)N2CCCC2C2CC2)cc1Cl. The Hall–Kier alpha value is -0.780. The number of rotatable bonds is 4. The molecule has 6 heteroatoms. The molecule has 2 fully saturated rings. The van der Waals surface area contributed by atoms with Crippen molar-refractivity contribution >= 4 is 21.6 Å². The lowest BCUT2D eigenvalue weighted by molar-refractivity contribution is 0.356. The van der Waals surface area contributed by atoms with Crippen LogP contribution in [-0.2, 0) is 10.0 Å². The standard InChI is InChI=1S/C14H18ClNO3S/c1-19-14-7-6-11(9-12(14)15)20(17,18)16-8-2-3-13(16)10-4-5-10/h6-7,9-10,13H,2-5,8H2,1H3. The van der Waals surface area contributed by atoms with E-state index in [4.69, 9.17) is 16.3 Å². The highest BCUT2D eigenvalue weighted by Crippen LogP contribution is 2.42. The minimum atomic E-state index is -3.45. The zero-order valence-electron chi connectivity index (χ0n) is 11.4. The average molecular weight is 316 g/mol. The van der Waals surface area contributed by atoms with Crippen molar-refractivity contribution in [3.8, 4) is 5.75 Å². The summed E-state index contributed by atoms with van der Waals surface area (Å²) in [6.45, 7) is 0.618. The second kappa shape index (κ2) is 5.20. The third kappa shape index (κ3) is 2.43. The zero-order valence-corrected chi connectivity index (χ0v) is 13.0. The zero-order chi connectivity index (χ0) is 14.3. The maximum absolute atomic E-state index is 12.8.